The number of hydrogen-bond donors (Lipinski definition) is 1. The van der Waals surface area contributed by atoms with Gasteiger partial charge in [-0.2, -0.15) is 0 Å². The van der Waals surface area contributed by atoms with Gasteiger partial charge in [0.25, 0.3) is 5.91 Å². The molecule has 22 heavy (non-hydrogen) atoms. The zero-order chi connectivity index (χ0) is 15.4. The summed E-state index contributed by atoms with van der Waals surface area (Å²) in [5.41, 5.74) is 0. The van der Waals surface area contributed by atoms with E-state index in [1.807, 2.05) is 36.6 Å². The summed E-state index contributed by atoms with van der Waals surface area (Å²) in [6.45, 7) is 5.59. The van der Waals surface area contributed by atoms with Crippen LogP contribution >= 0.6 is 11.3 Å². The summed E-state index contributed by atoms with van der Waals surface area (Å²) < 4.78 is 11.2. The minimum absolute atomic E-state index is 0.0310. The molecule has 1 atom stereocenters. The van der Waals surface area contributed by atoms with Crippen molar-refractivity contribution in [1.29, 1.82) is 0 Å². The molecule has 1 saturated heterocycles. The van der Waals surface area contributed by atoms with Gasteiger partial charge in [0.05, 0.1) is 24.1 Å². The van der Waals surface area contributed by atoms with Crippen LogP contribution in [0.4, 0.5) is 0 Å². The highest BCUT2D eigenvalue weighted by Gasteiger charge is 2.25. The molecule has 0 bridgehead atoms. The molecule has 1 aliphatic heterocycles. The lowest BCUT2D eigenvalue weighted by atomic mass is 10.1. The molecule has 6 heteroatoms. The molecule has 3 heterocycles. The second-order valence-electron chi connectivity index (χ2n) is 5.30. The summed E-state index contributed by atoms with van der Waals surface area (Å²) in [5.74, 6) is 1.75. The smallest absolute Gasteiger partial charge is 0.261 e. The van der Waals surface area contributed by atoms with Gasteiger partial charge >= 0.3 is 0 Å². The van der Waals surface area contributed by atoms with Gasteiger partial charge < -0.3 is 14.5 Å². The van der Waals surface area contributed by atoms with Crippen LogP contribution in [-0.2, 0) is 4.74 Å². The predicted octanol–water partition coefficient (Wildman–Crippen LogP) is 2.45. The third-order valence-corrected chi connectivity index (χ3v) is 4.65. The molecule has 1 N–H and O–H groups in total. The number of amides is 1. The minimum Gasteiger partial charge on any atom is -0.465 e. The average Bonchev–Trinajstić information content (AvgIpc) is 3.20. The Hall–Kier alpha value is -1.63. The van der Waals surface area contributed by atoms with E-state index in [1.54, 1.807) is 0 Å². The lowest BCUT2D eigenvalue weighted by Gasteiger charge is -2.33. The summed E-state index contributed by atoms with van der Waals surface area (Å²) in [5, 5.41) is 4.93. The van der Waals surface area contributed by atoms with Crippen molar-refractivity contribution >= 4 is 17.2 Å². The Balaban J connectivity index is 1.69. The van der Waals surface area contributed by atoms with E-state index in [1.165, 1.54) is 11.3 Å². The highest BCUT2D eigenvalue weighted by Crippen LogP contribution is 2.23. The Bertz CT molecular complexity index is 603. The first-order chi connectivity index (χ1) is 10.7. The summed E-state index contributed by atoms with van der Waals surface area (Å²) in [7, 11) is 0. The number of furan rings is 1. The van der Waals surface area contributed by atoms with Crippen LogP contribution in [0.1, 0.15) is 27.2 Å². The molecule has 0 saturated carbocycles. The molecule has 1 aliphatic rings. The first-order valence-electron chi connectivity index (χ1n) is 7.44. The number of nitrogens with one attached hydrogen (secondary N) is 1. The largest absolute Gasteiger partial charge is 0.465 e. The van der Waals surface area contributed by atoms with E-state index in [-0.39, 0.29) is 11.9 Å². The van der Waals surface area contributed by atoms with Gasteiger partial charge in [0.2, 0.25) is 0 Å². The van der Waals surface area contributed by atoms with Crippen molar-refractivity contribution in [3.8, 4) is 0 Å². The van der Waals surface area contributed by atoms with Crippen LogP contribution in [0.3, 0.4) is 0 Å². The molecular formula is C16H20N2O3S. The van der Waals surface area contributed by atoms with Gasteiger partial charge in [-0.05, 0) is 30.5 Å². The topological polar surface area (TPSA) is 54.7 Å². The Kier molecular flexibility index (Phi) is 4.92. The minimum atomic E-state index is -0.0310. The van der Waals surface area contributed by atoms with Crippen LogP contribution in [0.25, 0.3) is 0 Å². The predicted molar refractivity (Wildman–Crippen MR) is 85.2 cm³/mol. The fraction of sp³-hybridized carbons (Fsp3) is 0.438. The van der Waals surface area contributed by atoms with E-state index < -0.39 is 0 Å². The molecule has 0 aliphatic carbocycles. The van der Waals surface area contributed by atoms with E-state index >= 15 is 0 Å². The molecule has 5 nitrogen and oxygen atoms in total. The monoisotopic (exact) mass is 320 g/mol. The summed E-state index contributed by atoms with van der Waals surface area (Å²) in [6.07, 6.45) is 0. The van der Waals surface area contributed by atoms with Crippen molar-refractivity contribution in [2.75, 3.05) is 32.8 Å². The third-order valence-electron chi connectivity index (χ3n) is 3.78. The van der Waals surface area contributed by atoms with E-state index in [0.29, 0.717) is 6.54 Å². The number of hydrogen-bond acceptors (Lipinski definition) is 5. The second kappa shape index (κ2) is 7.09. The van der Waals surface area contributed by atoms with Crippen LogP contribution in [0, 0.1) is 6.92 Å². The lowest BCUT2D eigenvalue weighted by molar-refractivity contribution is 0.0117. The first-order valence-corrected chi connectivity index (χ1v) is 8.32. The van der Waals surface area contributed by atoms with Crippen molar-refractivity contribution in [2.45, 2.75) is 13.0 Å². The molecule has 0 radical (unpaired) electrons. The van der Waals surface area contributed by atoms with Crippen LogP contribution < -0.4 is 5.32 Å². The quantitative estimate of drug-likeness (QED) is 0.919. The number of aryl methyl sites for hydroxylation is 1. The number of ether oxygens (including phenoxy) is 1. The maximum Gasteiger partial charge on any atom is 0.261 e. The van der Waals surface area contributed by atoms with Crippen LogP contribution in [0.2, 0.25) is 0 Å². The number of nitrogens with zero attached hydrogens (tertiary/aromatic N) is 1. The summed E-state index contributed by atoms with van der Waals surface area (Å²) >= 11 is 1.45. The Morgan fingerprint density at radius 1 is 1.36 bits per heavy atom. The lowest BCUT2D eigenvalue weighted by Crippen LogP contribution is -2.43. The van der Waals surface area contributed by atoms with Crippen molar-refractivity contribution in [3.05, 3.63) is 46.0 Å². The Morgan fingerprint density at radius 3 is 2.82 bits per heavy atom. The van der Waals surface area contributed by atoms with Gasteiger partial charge in [-0.1, -0.05) is 6.07 Å². The molecule has 3 rings (SSSR count). The molecule has 2 aromatic heterocycles. The van der Waals surface area contributed by atoms with Gasteiger partial charge in [0.1, 0.15) is 11.5 Å². The molecule has 1 fully saturated rings. The normalized spacial score (nSPS) is 17.3. The zero-order valence-electron chi connectivity index (χ0n) is 12.6. The van der Waals surface area contributed by atoms with Gasteiger partial charge in [-0.25, -0.2) is 0 Å². The maximum atomic E-state index is 12.2. The van der Waals surface area contributed by atoms with Crippen molar-refractivity contribution < 1.29 is 13.9 Å². The standard InChI is InChI=1S/C16H20N2O3S/c1-12-4-5-14(21-12)13(18-6-8-20-9-7-18)11-17-16(19)15-3-2-10-22-15/h2-5,10,13H,6-9,11H2,1H3,(H,17,19). The Labute approximate surface area is 133 Å². The maximum absolute atomic E-state index is 12.2. The summed E-state index contributed by atoms with van der Waals surface area (Å²) in [4.78, 5) is 15.2. The van der Waals surface area contributed by atoms with Crippen LogP contribution in [-0.4, -0.2) is 43.7 Å². The van der Waals surface area contributed by atoms with Crippen LogP contribution in [0.5, 0.6) is 0 Å². The van der Waals surface area contributed by atoms with Gasteiger partial charge in [-0.3, -0.25) is 9.69 Å². The van der Waals surface area contributed by atoms with E-state index in [2.05, 4.69) is 10.2 Å². The van der Waals surface area contributed by atoms with Gasteiger partial charge in [-0.15, -0.1) is 11.3 Å². The highest BCUT2D eigenvalue weighted by atomic mass is 32.1. The molecule has 118 valence electrons. The van der Waals surface area contributed by atoms with Gasteiger partial charge in [0.15, 0.2) is 0 Å². The summed E-state index contributed by atoms with van der Waals surface area (Å²) in [6, 6.07) is 7.72. The van der Waals surface area contributed by atoms with E-state index in [4.69, 9.17) is 9.15 Å². The van der Waals surface area contributed by atoms with Crippen LogP contribution in [0.15, 0.2) is 34.1 Å². The van der Waals surface area contributed by atoms with Gasteiger partial charge in [0, 0.05) is 19.6 Å². The van der Waals surface area contributed by atoms with Crippen molar-refractivity contribution in [1.82, 2.24) is 10.2 Å². The van der Waals surface area contributed by atoms with E-state index in [0.717, 1.165) is 42.7 Å². The Morgan fingerprint density at radius 2 is 2.18 bits per heavy atom. The number of carbonyl (C=O) groups is 1. The molecule has 0 spiro atoms. The van der Waals surface area contributed by atoms with Crippen molar-refractivity contribution in [3.63, 3.8) is 0 Å². The second-order valence-corrected chi connectivity index (χ2v) is 6.25. The molecule has 2 aromatic rings. The first kappa shape index (κ1) is 15.3. The fourth-order valence-corrected chi connectivity index (χ4v) is 3.26. The zero-order valence-corrected chi connectivity index (χ0v) is 13.4. The number of morpholine rings is 1. The third kappa shape index (κ3) is 3.58. The molecule has 1 amide bonds. The number of thiophene rings is 1. The average molecular weight is 320 g/mol. The molecule has 0 aromatic carbocycles. The fourth-order valence-electron chi connectivity index (χ4n) is 2.62. The molecular weight excluding hydrogens is 300 g/mol. The number of rotatable bonds is 5. The number of carbonyl (C=O) groups excluding carboxylic acids is 1. The SMILES string of the molecule is Cc1ccc(C(CNC(=O)c2cccs2)N2CCOCC2)o1. The highest BCUT2D eigenvalue weighted by molar-refractivity contribution is 7.12. The van der Waals surface area contributed by atoms with Crippen molar-refractivity contribution in [2.24, 2.45) is 0 Å². The van der Waals surface area contributed by atoms with E-state index in [9.17, 15) is 4.79 Å². The molecule has 1 unspecified atom stereocenters.